The van der Waals surface area contributed by atoms with Crippen LogP contribution in [-0.4, -0.2) is 35.2 Å². The Balaban J connectivity index is 1.60. The highest BCUT2D eigenvalue weighted by atomic mass is 16.5. The second-order valence-electron chi connectivity index (χ2n) is 7.78. The summed E-state index contributed by atoms with van der Waals surface area (Å²) in [4.78, 5) is 24.3. The number of para-hydroxylation sites is 1. The van der Waals surface area contributed by atoms with Gasteiger partial charge in [0.05, 0.1) is 18.5 Å². The summed E-state index contributed by atoms with van der Waals surface area (Å²) in [6.45, 7) is 3.27. The summed E-state index contributed by atoms with van der Waals surface area (Å²) in [7, 11) is 1.61. The zero-order valence-corrected chi connectivity index (χ0v) is 19.2. The van der Waals surface area contributed by atoms with Crippen LogP contribution < -0.4 is 14.8 Å². The number of hydrogen-bond acceptors (Lipinski definition) is 5. The van der Waals surface area contributed by atoms with Crippen LogP contribution in [0.3, 0.4) is 0 Å². The number of rotatable bonds is 8. The van der Waals surface area contributed by atoms with Crippen LogP contribution in [-0.2, 0) is 4.79 Å². The molecule has 4 aromatic rings. The summed E-state index contributed by atoms with van der Waals surface area (Å²) in [6, 6.07) is 24.0. The fourth-order valence-corrected chi connectivity index (χ4v) is 3.47. The molecule has 34 heavy (non-hydrogen) atoms. The van der Waals surface area contributed by atoms with Gasteiger partial charge in [0, 0.05) is 17.2 Å². The first-order chi connectivity index (χ1) is 16.4. The quantitative estimate of drug-likeness (QED) is 0.375. The summed E-state index contributed by atoms with van der Waals surface area (Å²) in [5.74, 6) is 1.21. The first-order valence-corrected chi connectivity index (χ1v) is 10.8. The molecule has 7 heteroatoms. The number of aryl methyl sites for hydroxylation is 1. The molecular weight excluding hydrogens is 430 g/mol. The molecule has 3 aromatic carbocycles. The highest BCUT2D eigenvalue weighted by Crippen LogP contribution is 2.31. The smallest absolute Gasteiger partial charge is 0.263 e. The molecular formula is C27H25N3O4. The Kier molecular flexibility index (Phi) is 6.73. The maximum atomic E-state index is 12.7. The number of amides is 1. The number of aromatic nitrogens is 2. The van der Waals surface area contributed by atoms with E-state index < -0.39 is 0 Å². The van der Waals surface area contributed by atoms with Crippen molar-refractivity contribution in [3.05, 3.63) is 90.0 Å². The Hall–Kier alpha value is -4.39. The maximum Gasteiger partial charge on any atom is 0.263 e. The van der Waals surface area contributed by atoms with Crippen molar-refractivity contribution >= 4 is 17.5 Å². The minimum Gasteiger partial charge on any atom is -0.496 e. The summed E-state index contributed by atoms with van der Waals surface area (Å²) < 4.78 is 12.8. The largest absolute Gasteiger partial charge is 0.496 e. The van der Waals surface area contributed by atoms with Gasteiger partial charge in [-0.1, -0.05) is 42.0 Å². The highest BCUT2D eigenvalue weighted by Gasteiger charge is 2.16. The van der Waals surface area contributed by atoms with Crippen LogP contribution in [0.4, 0.5) is 5.82 Å². The molecule has 0 aliphatic rings. The topological polar surface area (TPSA) is 82.5 Å². The molecule has 1 aromatic heterocycles. The van der Waals surface area contributed by atoms with E-state index in [0.29, 0.717) is 28.6 Å². The lowest BCUT2D eigenvalue weighted by Gasteiger charge is -2.10. The fourth-order valence-electron chi connectivity index (χ4n) is 3.47. The minimum absolute atomic E-state index is 0.0687. The molecule has 0 atom stereocenters. The van der Waals surface area contributed by atoms with Gasteiger partial charge in [0.2, 0.25) is 0 Å². The predicted molar refractivity (Wildman–Crippen MR) is 131 cm³/mol. The van der Waals surface area contributed by atoms with Crippen LogP contribution in [0.2, 0.25) is 0 Å². The molecule has 1 amide bonds. The molecule has 0 fully saturated rings. The first kappa shape index (κ1) is 22.8. The number of hydrogen-bond donors (Lipinski definition) is 1. The van der Waals surface area contributed by atoms with E-state index in [9.17, 15) is 9.59 Å². The fraction of sp³-hybridized carbons (Fsp3) is 0.148. The third-order valence-corrected chi connectivity index (χ3v) is 5.25. The maximum absolute atomic E-state index is 12.7. The van der Waals surface area contributed by atoms with Crippen LogP contribution in [0.25, 0.3) is 16.9 Å². The zero-order chi connectivity index (χ0) is 24.1. The van der Waals surface area contributed by atoms with E-state index in [2.05, 4.69) is 5.32 Å². The highest BCUT2D eigenvalue weighted by molar-refractivity contribution is 5.94. The molecule has 1 N–H and O–H groups in total. The van der Waals surface area contributed by atoms with Crippen LogP contribution in [0, 0.1) is 6.92 Å². The Labute approximate surface area is 197 Å². The van der Waals surface area contributed by atoms with E-state index in [0.717, 1.165) is 16.8 Å². The van der Waals surface area contributed by atoms with Gasteiger partial charge in [-0.25, -0.2) is 4.68 Å². The number of nitrogens with zero attached hydrogens (tertiary/aromatic N) is 2. The Morgan fingerprint density at radius 1 is 0.971 bits per heavy atom. The molecule has 0 aliphatic heterocycles. The van der Waals surface area contributed by atoms with Gasteiger partial charge in [0.1, 0.15) is 17.3 Å². The Morgan fingerprint density at radius 3 is 2.47 bits per heavy atom. The number of methoxy groups -OCH3 is 1. The Morgan fingerprint density at radius 2 is 1.74 bits per heavy atom. The van der Waals surface area contributed by atoms with Crippen molar-refractivity contribution in [2.45, 2.75) is 13.8 Å². The van der Waals surface area contributed by atoms with Gasteiger partial charge in [-0.15, -0.1) is 0 Å². The average molecular weight is 456 g/mol. The monoisotopic (exact) mass is 455 g/mol. The number of carbonyl (C=O) groups is 2. The average Bonchev–Trinajstić information content (AvgIpc) is 3.26. The lowest BCUT2D eigenvalue weighted by atomic mass is 10.1. The van der Waals surface area contributed by atoms with Crippen LogP contribution in [0.15, 0.2) is 78.9 Å². The zero-order valence-electron chi connectivity index (χ0n) is 19.2. The van der Waals surface area contributed by atoms with Gasteiger partial charge in [0.15, 0.2) is 12.4 Å². The van der Waals surface area contributed by atoms with E-state index >= 15 is 0 Å². The summed E-state index contributed by atoms with van der Waals surface area (Å²) >= 11 is 0. The second kappa shape index (κ2) is 10.0. The molecule has 0 spiro atoms. The van der Waals surface area contributed by atoms with Crippen molar-refractivity contribution in [1.82, 2.24) is 9.78 Å². The van der Waals surface area contributed by atoms with Gasteiger partial charge >= 0.3 is 0 Å². The number of carbonyl (C=O) groups excluding carboxylic acids is 2. The lowest BCUT2D eigenvalue weighted by Crippen LogP contribution is -2.22. The molecule has 4 rings (SSSR count). The molecule has 0 bridgehead atoms. The van der Waals surface area contributed by atoms with Crippen molar-refractivity contribution in [3.63, 3.8) is 0 Å². The normalized spacial score (nSPS) is 10.6. The van der Waals surface area contributed by atoms with Crippen molar-refractivity contribution in [1.29, 1.82) is 0 Å². The van der Waals surface area contributed by atoms with Crippen molar-refractivity contribution in [3.8, 4) is 28.4 Å². The molecule has 1 heterocycles. The molecule has 0 radical (unpaired) electrons. The molecule has 172 valence electrons. The molecule has 0 aliphatic carbocycles. The summed E-state index contributed by atoms with van der Waals surface area (Å²) in [6.07, 6.45) is 0. The van der Waals surface area contributed by atoms with E-state index in [1.807, 2.05) is 55.5 Å². The second-order valence-corrected chi connectivity index (χ2v) is 7.78. The predicted octanol–water partition coefficient (Wildman–Crippen LogP) is 5.08. The summed E-state index contributed by atoms with van der Waals surface area (Å²) in [5, 5.41) is 7.62. The van der Waals surface area contributed by atoms with Crippen LogP contribution in [0.1, 0.15) is 22.8 Å². The number of ether oxygens (including phenoxy) is 2. The Bertz CT molecular complexity index is 1330. The van der Waals surface area contributed by atoms with E-state index in [1.54, 1.807) is 42.1 Å². The van der Waals surface area contributed by atoms with E-state index in [-0.39, 0.29) is 18.3 Å². The van der Waals surface area contributed by atoms with E-state index in [4.69, 9.17) is 14.6 Å². The van der Waals surface area contributed by atoms with Gasteiger partial charge < -0.3 is 14.8 Å². The number of Topliss-reactive ketones (excluding diaryl/α,β-unsaturated/α-hetero) is 1. The van der Waals surface area contributed by atoms with Crippen molar-refractivity contribution in [2.75, 3.05) is 19.0 Å². The standard InChI is InChI=1S/C27H25N3O4/c1-18-11-13-21(14-12-18)30-26(16-24(29-30)23-9-4-5-10-25(23)33-3)28-27(32)17-34-22-8-6-7-20(15-22)19(2)31/h4-16H,17H2,1-3H3,(H,28,32). The van der Waals surface area contributed by atoms with Gasteiger partial charge in [0.25, 0.3) is 5.91 Å². The van der Waals surface area contributed by atoms with Gasteiger partial charge in [-0.3, -0.25) is 9.59 Å². The number of benzene rings is 3. The van der Waals surface area contributed by atoms with E-state index in [1.165, 1.54) is 6.92 Å². The van der Waals surface area contributed by atoms with Crippen LogP contribution in [0.5, 0.6) is 11.5 Å². The number of anilines is 1. The number of ketones is 1. The summed E-state index contributed by atoms with van der Waals surface area (Å²) in [5.41, 5.74) is 3.91. The first-order valence-electron chi connectivity index (χ1n) is 10.8. The SMILES string of the molecule is COc1ccccc1-c1cc(NC(=O)COc2cccc(C(C)=O)c2)n(-c2ccc(C)cc2)n1. The molecule has 0 unspecified atom stereocenters. The third kappa shape index (κ3) is 5.15. The number of nitrogens with one attached hydrogen (secondary N) is 1. The molecule has 0 saturated heterocycles. The van der Waals surface area contributed by atoms with Crippen molar-refractivity contribution in [2.24, 2.45) is 0 Å². The van der Waals surface area contributed by atoms with Gasteiger partial charge in [-0.05, 0) is 50.2 Å². The minimum atomic E-state index is -0.354. The van der Waals surface area contributed by atoms with Gasteiger partial charge in [-0.2, -0.15) is 5.10 Å². The third-order valence-electron chi connectivity index (χ3n) is 5.25. The van der Waals surface area contributed by atoms with Crippen LogP contribution >= 0.6 is 0 Å². The van der Waals surface area contributed by atoms with Crippen molar-refractivity contribution < 1.29 is 19.1 Å². The molecule has 7 nitrogen and oxygen atoms in total. The lowest BCUT2D eigenvalue weighted by molar-refractivity contribution is -0.118. The molecule has 0 saturated carbocycles.